The molecule has 2 atom stereocenters. The normalized spacial score (nSPS) is 43.8. The average Bonchev–Trinajstić information content (AvgIpc) is 2.31. The molecule has 0 amide bonds. The Morgan fingerprint density at radius 1 is 1.40 bits per heavy atom. The van der Waals surface area contributed by atoms with Crippen molar-refractivity contribution in [3.05, 3.63) is 0 Å². The van der Waals surface area contributed by atoms with Crippen molar-refractivity contribution in [1.82, 2.24) is 5.32 Å². The Hall–Kier alpha value is -0.0400. The summed E-state index contributed by atoms with van der Waals surface area (Å²) in [5.74, 6) is 0.995. The Morgan fingerprint density at radius 2 is 2.10 bits per heavy atom. The van der Waals surface area contributed by atoms with Crippen molar-refractivity contribution in [2.45, 2.75) is 39.2 Å². The highest BCUT2D eigenvalue weighted by molar-refractivity contribution is 5.02. The summed E-state index contributed by atoms with van der Waals surface area (Å²) in [7, 11) is 0. The van der Waals surface area contributed by atoms with Crippen molar-refractivity contribution in [1.29, 1.82) is 0 Å². The summed E-state index contributed by atoms with van der Waals surface area (Å²) in [4.78, 5) is 0. The van der Waals surface area contributed by atoms with E-state index in [1.165, 1.54) is 25.8 Å². The molecule has 0 bridgehead atoms. The molecular formula is C9H17N. The Balaban J connectivity index is 1.90. The summed E-state index contributed by atoms with van der Waals surface area (Å²) in [6.07, 6.45) is 4.27. The molecule has 10 heavy (non-hydrogen) atoms. The third-order valence-electron chi connectivity index (χ3n) is 3.17. The number of nitrogens with one attached hydrogen (secondary N) is 1. The van der Waals surface area contributed by atoms with Crippen LogP contribution in [0, 0.1) is 11.3 Å². The second kappa shape index (κ2) is 1.97. The van der Waals surface area contributed by atoms with Gasteiger partial charge < -0.3 is 5.32 Å². The number of hydrogen-bond donors (Lipinski definition) is 1. The summed E-state index contributed by atoms with van der Waals surface area (Å²) in [5.41, 5.74) is 0.669. The van der Waals surface area contributed by atoms with Crippen LogP contribution < -0.4 is 5.32 Å². The highest BCUT2D eigenvalue weighted by Crippen LogP contribution is 2.54. The second-order valence-corrected chi connectivity index (χ2v) is 4.50. The SMILES string of the molecule is CC1(C)CC1C1CCCN1. The first-order valence-corrected chi connectivity index (χ1v) is 4.43. The minimum absolute atomic E-state index is 0.669. The third-order valence-corrected chi connectivity index (χ3v) is 3.17. The quantitative estimate of drug-likeness (QED) is 0.584. The van der Waals surface area contributed by atoms with E-state index < -0.39 is 0 Å². The summed E-state index contributed by atoms with van der Waals surface area (Å²) in [6, 6.07) is 0.870. The van der Waals surface area contributed by atoms with Crippen LogP contribution in [0.2, 0.25) is 0 Å². The van der Waals surface area contributed by atoms with Gasteiger partial charge in [0.1, 0.15) is 0 Å². The fourth-order valence-electron chi connectivity index (χ4n) is 2.25. The Bertz CT molecular complexity index is 131. The van der Waals surface area contributed by atoms with Crippen molar-refractivity contribution >= 4 is 0 Å². The van der Waals surface area contributed by atoms with E-state index >= 15 is 0 Å². The zero-order chi connectivity index (χ0) is 7.19. The molecular weight excluding hydrogens is 122 g/mol. The van der Waals surface area contributed by atoms with Crippen LogP contribution in [0.15, 0.2) is 0 Å². The molecule has 0 radical (unpaired) electrons. The van der Waals surface area contributed by atoms with E-state index in [2.05, 4.69) is 19.2 Å². The zero-order valence-electron chi connectivity index (χ0n) is 6.98. The van der Waals surface area contributed by atoms with Crippen LogP contribution in [0.4, 0.5) is 0 Å². The van der Waals surface area contributed by atoms with E-state index in [9.17, 15) is 0 Å². The van der Waals surface area contributed by atoms with E-state index in [0.717, 1.165) is 12.0 Å². The molecule has 2 aliphatic rings. The molecule has 1 nitrogen and oxygen atoms in total. The monoisotopic (exact) mass is 139 g/mol. The van der Waals surface area contributed by atoms with E-state index in [1.807, 2.05) is 0 Å². The van der Waals surface area contributed by atoms with Crippen LogP contribution >= 0.6 is 0 Å². The van der Waals surface area contributed by atoms with Gasteiger partial charge in [0, 0.05) is 6.04 Å². The van der Waals surface area contributed by atoms with Gasteiger partial charge in [0.2, 0.25) is 0 Å². The van der Waals surface area contributed by atoms with Gasteiger partial charge in [-0.1, -0.05) is 13.8 Å². The van der Waals surface area contributed by atoms with Crippen molar-refractivity contribution < 1.29 is 0 Å². The maximum Gasteiger partial charge on any atom is 0.0101 e. The molecule has 0 aromatic heterocycles. The largest absolute Gasteiger partial charge is 0.314 e. The van der Waals surface area contributed by atoms with Crippen LogP contribution in [0.5, 0.6) is 0 Å². The van der Waals surface area contributed by atoms with Gasteiger partial charge in [0.15, 0.2) is 0 Å². The fraction of sp³-hybridized carbons (Fsp3) is 1.00. The number of hydrogen-bond acceptors (Lipinski definition) is 1. The lowest BCUT2D eigenvalue weighted by Crippen LogP contribution is -2.25. The fourth-order valence-corrected chi connectivity index (χ4v) is 2.25. The van der Waals surface area contributed by atoms with E-state index in [4.69, 9.17) is 0 Å². The molecule has 0 aromatic rings. The summed E-state index contributed by atoms with van der Waals surface area (Å²) < 4.78 is 0. The summed E-state index contributed by atoms with van der Waals surface area (Å²) in [6.45, 7) is 6.03. The van der Waals surface area contributed by atoms with Gasteiger partial charge in [-0.15, -0.1) is 0 Å². The lowest BCUT2D eigenvalue weighted by Gasteiger charge is -2.10. The molecule has 1 saturated carbocycles. The lowest BCUT2D eigenvalue weighted by molar-refractivity contribution is 0.448. The van der Waals surface area contributed by atoms with E-state index in [-0.39, 0.29) is 0 Å². The maximum atomic E-state index is 3.57. The maximum absolute atomic E-state index is 3.57. The standard InChI is InChI=1S/C9H17N/c1-9(2)6-7(9)8-4-3-5-10-8/h7-8,10H,3-6H2,1-2H3. The molecule has 1 N–H and O–H groups in total. The minimum Gasteiger partial charge on any atom is -0.314 e. The van der Waals surface area contributed by atoms with Gasteiger partial charge >= 0.3 is 0 Å². The van der Waals surface area contributed by atoms with E-state index in [1.54, 1.807) is 0 Å². The van der Waals surface area contributed by atoms with Crippen LogP contribution in [0.3, 0.4) is 0 Å². The topological polar surface area (TPSA) is 12.0 Å². The molecule has 1 aliphatic carbocycles. The van der Waals surface area contributed by atoms with Gasteiger partial charge in [-0.3, -0.25) is 0 Å². The molecule has 58 valence electrons. The first kappa shape index (κ1) is 6.66. The smallest absolute Gasteiger partial charge is 0.0101 e. The summed E-state index contributed by atoms with van der Waals surface area (Å²) in [5, 5.41) is 3.57. The Labute approximate surface area is 63.2 Å². The van der Waals surface area contributed by atoms with Gasteiger partial charge in [0.25, 0.3) is 0 Å². The van der Waals surface area contributed by atoms with Crippen LogP contribution in [-0.2, 0) is 0 Å². The first-order chi connectivity index (χ1) is 4.70. The molecule has 0 aromatic carbocycles. The predicted molar refractivity (Wildman–Crippen MR) is 42.9 cm³/mol. The zero-order valence-corrected chi connectivity index (χ0v) is 6.98. The molecule has 1 saturated heterocycles. The Kier molecular flexibility index (Phi) is 1.31. The van der Waals surface area contributed by atoms with Gasteiger partial charge in [0.05, 0.1) is 0 Å². The first-order valence-electron chi connectivity index (χ1n) is 4.43. The molecule has 2 fully saturated rings. The van der Waals surface area contributed by atoms with Gasteiger partial charge in [-0.05, 0) is 37.1 Å². The molecule has 1 heteroatoms. The minimum atomic E-state index is 0.669. The average molecular weight is 139 g/mol. The lowest BCUT2D eigenvalue weighted by atomic mass is 10.0. The highest BCUT2D eigenvalue weighted by atomic mass is 15.0. The predicted octanol–water partition coefficient (Wildman–Crippen LogP) is 1.78. The molecule has 1 aliphatic heterocycles. The second-order valence-electron chi connectivity index (χ2n) is 4.50. The van der Waals surface area contributed by atoms with Crippen molar-refractivity contribution in [3.63, 3.8) is 0 Å². The van der Waals surface area contributed by atoms with Gasteiger partial charge in [-0.25, -0.2) is 0 Å². The van der Waals surface area contributed by atoms with E-state index in [0.29, 0.717) is 5.41 Å². The van der Waals surface area contributed by atoms with Crippen LogP contribution in [-0.4, -0.2) is 12.6 Å². The van der Waals surface area contributed by atoms with Crippen molar-refractivity contribution in [2.24, 2.45) is 11.3 Å². The highest BCUT2D eigenvalue weighted by Gasteiger charge is 2.50. The summed E-state index contributed by atoms with van der Waals surface area (Å²) >= 11 is 0. The number of rotatable bonds is 1. The molecule has 0 spiro atoms. The molecule has 1 heterocycles. The van der Waals surface area contributed by atoms with Crippen molar-refractivity contribution in [3.8, 4) is 0 Å². The van der Waals surface area contributed by atoms with Crippen LogP contribution in [0.25, 0.3) is 0 Å². The van der Waals surface area contributed by atoms with Crippen LogP contribution in [0.1, 0.15) is 33.1 Å². The molecule has 2 unspecified atom stereocenters. The molecule has 2 rings (SSSR count). The third kappa shape index (κ3) is 0.968. The Morgan fingerprint density at radius 3 is 2.50 bits per heavy atom. The van der Waals surface area contributed by atoms with Gasteiger partial charge in [-0.2, -0.15) is 0 Å². The van der Waals surface area contributed by atoms with Crippen molar-refractivity contribution in [2.75, 3.05) is 6.54 Å².